The lowest BCUT2D eigenvalue weighted by Gasteiger charge is -2.36. The number of hydrogen-bond donors (Lipinski definition) is 0. The van der Waals surface area contributed by atoms with Crippen LogP contribution in [0.5, 0.6) is 0 Å². The van der Waals surface area contributed by atoms with Crippen LogP contribution in [0, 0.1) is 0 Å². The molecule has 0 saturated carbocycles. The van der Waals surface area contributed by atoms with Gasteiger partial charge in [-0.2, -0.15) is 0 Å². The molecule has 2 aliphatic heterocycles. The molecule has 0 bridgehead atoms. The number of para-hydroxylation sites is 1. The molecule has 3 aromatic carbocycles. The van der Waals surface area contributed by atoms with Crippen LogP contribution in [0.1, 0.15) is 40.0 Å². The third-order valence-electron chi connectivity index (χ3n) is 6.95. The summed E-state index contributed by atoms with van der Waals surface area (Å²) in [7, 11) is 0. The molecule has 0 N–H and O–H groups in total. The van der Waals surface area contributed by atoms with Crippen LogP contribution in [-0.4, -0.2) is 16.0 Å². The number of ketones is 1. The molecule has 170 valence electrons. The molecule has 0 aliphatic carbocycles. The van der Waals surface area contributed by atoms with Crippen LogP contribution in [0.25, 0.3) is 0 Å². The van der Waals surface area contributed by atoms with E-state index in [-0.39, 0.29) is 17.7 Å². The lowest BCUT2D eigenvalue weighted by molar-refractivity contribution is -0.0195. The number of aryl methyl sites for hydroxylation is 1. The number of carbonyl (C=O) groups excluding carboxylic acids is 1. The quantitative estimate of drug-likeness (QED) is 0.256. The lowest BCUT2D eigenvalue weighted by atomic mass is 9.70. The Kier molecular flexibility index (Phi) is 5.47. The van der Waals surface area contributed by atoms with Crippen molar-refractivity contribution in [3.8, 4) is 0 Å². The molecule has 0 amide bonds. The van der Waals surface area contributed by atoms with E-state index in [1.165, 1.54) is 0 Å². The number of hydroxylamine groups is 1. The van der Waals surface area contributed by atoms with E-state index in [2.05, 4.69) is 68.3 Å². The maximum atomic E-state index is 14.2. The summed E-state index contributed by atoms with van der Waals surface area (Å²) in [6, 6.07) is 30.4. The van der Waals surface area contributed by atoms with Gasteiger partial charge in [-0.05, 0) is 59.7 Å². The maximum absolute atomic E-state index is 14.2. The summed E-state index contributed by atoms with van der Waals surface area (Å²) in [5.74, 6) is -0.157. The molecule has 4 aromatic rings. The second kappa shape index (κ2) is 8.52. The number of carbonyl (C=O) groups is 1. The molecule has 3 atom stereocenters. The highest BCUT2D eigenvalue weighted by atomic mass is 79.9. The van der Waals surface area contributed by atoms with Crippen molar-refractivity contribution in [2.45, 2.75) is 30.5 Å². The van der Waals surface area contributed by atoms with E-state index in [4.69, 9.17) is 4.84 Å². The third kappa shape index (κ3) is 3.47. The Morgan fingerprint density at radius 2 is 1.44 bits per heavy atom. The highest BCUT2D eigenvalue weighted by molar-refractivity contribution is 9.10. The molecule has 6 rings (SSSR count). The number of anilines is 1. The summed E-state index contributed by atoms with van der Waals surface area (Å²) in [6.45, 7) is 0.733. The molecule has 6 heteroatoms. The Bertz CT molecular complexity index is 1340. The van der Waals surface area contributed by atoms with Gasteiger partial charge in [-0.15, -0.1) is 0 Å². The van der Waals surface area contributed by atoms with Crippen molar-refractivity contribution in [3.63, 3.8) is 0 Å². The van der Waals surface area contributed by atoms with E-state index in [0.717, 1.165) is 32.3 Å². The second-order valence-corrected chi connectivity index (χ2v) is 10.7. The first-order valence-corrected chi connectivity index (χ1v) is 12.9. The van der Waals surface area contributed by atoms with E-state index in [0.29, 0.717) is 12.1 Å². The first kappa shape index (κ1) is 21.8. The summed E-state index contributed by atoms with van der Waals surface area (Å²) < 4.78 is 4.06. The topological polar surface area (TPSA) is 34.5 Å². The van der Waals surface area contributed by atoms with Crippen molar-refractivity contribution in [1.82, 2.24) is 4.57 Å². The highest BCUT2D eigenvalue weighted by Crippen LogP contribution is 2.56. The van der Waals surface area contributed by atoms with Crippen molar-refractivity contribution in [3.05, 3.63) is 123 Å². The SMILES string of the molecule is O=C1c2cccn2CCC12ON(c1ccccc1)C(c1ccc(Br)cc1)C2c1ccc(Br)cc1. The monoisotopic (exact) mass is 576 g/mol. The number of benzene rings is 3. The number of aromatic nitrogens is 1. The fraction of sp³-hybridized carbons (Fsp3) is 0.179. The van der Waals surface area contributed by atoms with Crippen molar-refractivity contribution in [2.75, 3.05) is 5.06 Å². The van der Waals surface area contributed by atoms with E-state index in [1.807, 2.05) is 70.4 Å². The van der Waals surface area contributed by atoms with Crippen LogP contribution >= 0.6 is 31.9 Å². The predicted molar refractivity (Wildman–Crippen MR) is 140 cm³/mol. The van der Waals surface area contributed by atoms with Crippen LogP contribution in [0.2, 0.25) is 0 Å². The number of Topliss-reactive ketones (excluding diaryl/α,β-unsaturated/α-hetero) is 1. The zero-order chi connectivity index (χ0) is 23.3. The average molecular weight is 578 g/mol. The molecular formula is C28H22Br2N2O2. The van der Waals surface area contributed by atoms with Gasteiger partial charge in [-0.3, -0.25) is 9.63 Å². The summed E-state index contributed by atoms with van der Waals surface area (Å²) in [6.07, 6.45) is 2.58. The van der Waals surface area contributed by atoms with Crippen molar-refractivity contribution >= 4 is 43.3 Å². The van der Waals surface area contributed by atoms with Crippen LogP contribution in [0.4, 0.5) is 5.69 Å². The number of rotatable bonds is 3. The highest BCUT2D eigenvalue weighted by Gasteiger charge is 2.61. The third-order valence-corrected chi connectivity index (χ3v) is 8.01. The van der Waals surface area contributed by atoms with E-state index in [1.54, 1.807) is 0 Å². The zero-order valence-electron chi connectivity index (χ0n) is 18.3. The van der Waals surface area contributed by atoms with Gasteiger partial charge in [0.2, 0.25) is 5.78 Å². The molecule has 1 saturated heterocycles. The van der Waals surface area contributed by atoms with Crippen LogP contribution in [0.15, 0.2) is 106 Å². The second-order valence-electron chi connectivity index (χ2n) is 8.83. The standard InChI is InChI=1S/C28H22Br2N2O2/c29-21-12-8-19(9-13-21)25-26(20-10-14-22(30)15-11-20)32(23-5-2-1-3-6-23)34-28(25)16-18-31-17-4-7-24(31)27(28)33/h1-15,17,25-26H,16,18H2. The fourth-order valence-corrected chi connectivity index (χ4v) is 5.92. The lowest BCUT2D eigenvalue weighted by Crippen LogP contribution is -2.48. The minimum absolute atomic E-state index is 0.0391. The Labute approximate surface area is 215 Å². The van der Waals surface area contributed by atoms with E-state index >= 15 is 0 Å². The molecule has 3 heterocycles. The minimum Gasteiger partial charge on any atom is -0.345 e. The Morgan fingerprint density at radius 3 is 2.12 bits per heavy atom. The Hall–Kier alpha value is -2.67. The van der Waals surface area contributed by atoms with Gasteiger partial charge in [-0.25, -0.2) is 5.06 Å². The van der Waals surface area contributed by atoms with Crippen molar-refractivity contribution < 1.29 is 9.63 Å². The molecular weight excluding hydrogens is 556 g/mol. The summed E-state index contributed by atoms with van der Waals surface area (Å²) in [5, 5.41) is 1.96. The van der Waals surface area contributed by atoms with Crippen molar-refractivity contribution in [2.24, 2.45) is 0 Å². The zero-order valence-corrected chi connectivity index (χ0v) is 21.4. The van der Waals surface area contributed by atoms with Crippen molar-refractivity contribution in [1.29, 1.82) is 0 Å². The summed E-state index contributed by atoms with van der Waals surface area (Å²) >= 11 is 7.14. The number of halogens is 2. The normalized spacial score (nSPS) is 23.9. The van der Waals surface area contributed by atoms with Gasteiger partial charge >= 0.3 is 0 Å². The molecule has 0 radical (unpaired) electrons. The molecule has 1 spiro atoms. The average Bonchev–Trinajstić information content (AvgIpc) is 3.47. The number of fused-ring (bicyclic) bond motifs is 1. The van der Waals surface area contributed by atoms with Crippen LogP contribution in [0.3, 0.4) is 0 Å². The van der Waals surface area contributed by atoms with Gasteiger partial charge in [0.25, 0.3) is 0 Å². The van der Waals surface area contributed by atoms with E-state index in [9.17, 15) is 4.79 Å². The van der Waals surface area contributed by atoms with E-state index < -0.39 is 5.60 Å². The molecule has 2 aliphatic rings. The number of hydrogen-bond acceptors (Lipinski definition) is 3. The minimum atomic E-state index is -1.00. The van der Waals surface area contributed by atoms with Gasteiger partial charge in [0.05, 0.1) is 23.3 Å². The predicted octanol–water partition coefficient (Wildman–Crippen LogP) is 7.32. The summed E-state index contributed by atoms with van der Waals surface area (Å²) in [4.78, 5) is 21.0. The largest absolute Gasteiger partial charge is 0.345 e. The molecule has 34 heavy (non-hydrogen) atoms. The van der Waals surface area contributed by atoms with Gasteiger partial charge in [0, 0.05) is 28.1 Å². The fourth-order valence-electron chi connectivity index (χ4n) is 5.39. The first-order valence-electron chi connectivity index (χ1n) is 11.3. The van der Waals surface area contributed by atoms with Crippen LogP contribution in [-0.2, 0) is 11.4 Å². The van der Waals surface area contributed by atoms with Gasteiger partial charge in [-0.1, -0.05) is 74.3 Å². The molecule has 3 unspecified atom stereocenters. The molecule has 1 fully saturated rings. The molecule has 4 nitrogen and oxygen atoms in total. The molecule has 1 aromatic heterocycles. The Balaban J connectivity index is 1.59. The van der Waals surface area contributed by atoms with Gasteiger partial charge < -0.3 is 4.57 Å². The smallest absolute Gasteiger partial charge is 0.214 e. The first-order chi connectivity index (χ1) is 16.6. The van der Waals surface area contributed by atoms with Gasteiger partial charge in [0.15, 0.2) is 5.60 Å². The van der Waals surface area contributed by atoms with Gasteiger partial charge in [0.1, 0.15) is 0 Å². The van der Waals surface area contributed by atoms with Crippen LogP contribution < -0.4 is 5.06 Å². The number of nitrogens with zero attached hydrogens (tertiary/aromatic N) is 2. The Morgan fingerprint density at radius 1 is 0.794 bits per heavy atom. The maximum Gasteiger partial charge on any atom is 0.214 e. The summed E-state index contributed by atoms with van der Waals surface area (Å²) in [5.41, 5.74) is 2.82.